The Labute approximate surface area is 76.6 Å². The summed E-state index contributed by atoms with van der Waals surface area (Å²) in [7, 11) is -4.84. The third kappa shape index (κ3) is 1.81. The van der Waals surface area contributed by atoms with Gasteiger partial charge in [-0.3, -0.25) is 0 Å². The molecule has 2 nitrogen and oxygen atoms in total. The molecule has 1 aromatic rings. The zero-order valence-electron chi connectivity index (χ0n) is 5.59. The Morgan fingerprint density at radius 2 is 1.92 bits per heavy atom. The predicted molar refractivity (Wildman–Crippen MR) is 42.4 cm³/mol. The van der Waals surface area contributed by atoms with Gasteiger partial charge in [0.2, 0.25) is 0 Å². The molecule has 0 aliphatic heterocycles. The van der Waals surface area contributed by atoms with E-state index >= 15 is 0 Å². The summed E-state index contributed by atoms with van der Waals surface area (Å²) in [6.07, 6.45) is 0. The van der Waals surface area contributed by atoms with E-state index < -0.39 is 20.9 Å². The van der Waals surface area contributed by atoms with E-state index in [1.807, 2.05) is 0 Å². The molecule has 0 aromatic heterocycles. The van der Waals surface area contributed by atoms with Crippen molar-refractivity contribution in [1.82, 2.24) is 0 Å². The topological polar surface area (TPSA) is 34.1 Å². The molecule has 1 rings (SSSR count). The molecule has 0 heterocycles. The van der Waals surface area contributed by atoms with E-state index in [1.165, 1.54) is 0 Å². The summed E-state index contributed by atoms with van der Waals surface area (Å²) in [5, 5.41) is 0. The fourth-order valence-electron chi connectivity index (χ4n) is 0.672. The minimum atomic E-state index is -4.84. The lowest BCUT2D eigenvalue weighted by molar-refractivity contribution is 0.548. The van der Waals surface area contributed by atoms with Crippen molar-refractivity contribution in [2.24, 2.45) is 0 Å². The molecular formula is C6H3BrF2O2S. The number of hydrogen-bond acceptors (Lipinski definition) is 2. The maximum Gasteiger partial charge on any atom is 0.333 e. The lowest BCUT2D eigenvalue weighted by Crippen LogP contribution is -1.94. The van der Waals surface area contributed by atoms with Crippen LogP contribution in [-0.4, -0.2) is 8.42 Å². The maximum absolute atomic E-state index is 12.6. The van der Waals surface area contributed by atoms with Crippen LogP contribution in [0.3, 0.4) is 0 Å². The average Bonchev–Trinajstić information content (AvgIpc) is 1.92. The van der Waals surface area contributed by atoms with Gasteiger partial charge in [-0.1, -0.05) is 6.07 Å². The third-order valence-electron chi connectivity index (χ3n) is 1.18. The molecule has 0 radical (unpaired) electrons. The van der Waals surface area contributed by atoms with Crippen LogP contribution in [0.25, 0.3) is 0 Å². The molecule has 0 bridgehead atoms. The van der Waals surface area contributed by atoms with E-state index in [0.717, 1.165) is 18.2 Å². The fraction of sp³-hybridized carbons (Fsp3) is 0. The van der Waals surface area contributed by atoms with Crippen LogP contribution < -0.4 is 0 Å². The number of halogens is 3. The summed E-state index contributed by atoms with van der Waals surface area (Å²) in [4.78, 5) is -0.692. The molecule has 1 aromatic carbocycles. The highest BCUT2D eigenvalue weighted by Crippen LogP contribution is 2.25. The molecular weight excluding hydrogens is 254 g/mol. The largest absolute Gasteiger partial charge is 0.333 e. The Morgan fingerprint density at radius 3 is 2.33 bits per heavy atom. The van der Waals surface area contributed by atoms with Gasteiger partial charge in [0, 0.05) is 0 Å². The third-order valence-corrected chi connectivity index (χ3v) is 3.11. The van der Waals surface area contributed by atoms with Crippen LogP contribution in [0.15, 0.2) is 27.6 Å². The van der Waals surface area contributed by atoms with Crippen LogP contribution >= 0.6 is 15.9 Å². The molecule has 0 amide bonds. The van der Waals surface area contributed by atoms with E-state index in [4.69, 9.17) is 0 Å². The summed E-state index contributed by atoms with van der Waals surface area (Å²) in [6.45, 7) is 0. The fourth-order valence-corrected chi connectivity index (χ4v) is 2.07. The first kappa shape index (κ1) is 9.60. The van der Waals surface area contributed by atoms with E-state index in [0.29, 0.717) is 0 Å². The zero-order chi connectivity index (χ0) is 9.35. The number of benzene rings is 1. The highest BCUT2D eigenvalue weighted by molar-refractivity contribution is 9.10. The van der Waals surface area contributed by atoms with E-state index in [9.17, 15) is 16.7 Å². The smallest absolute Gasteiger partial charge is 0.206 e. The molecule has 0 fully saturated rings. The van der Waals surface area contributed by atoms with Gasteiger partial charge in [-0.25, -0.2) is 4.39 Å². The van der Waals surface area contributed by atoms with Gasteiger partial charge in [0.1, 0.15) is 10.7 Å². The van der Waals surface area contributed by atoms with Crippen molar-refractivity contribution >= 4 is 26.2 Å². The normalized spacial score (nSPS) is 11.6. The quantitative estimate of drug-likeness (QED) is 0.723. The molecule has 0 saturated carbocycles. The van der Waals surface area contributed by atoms with Gasteiger partial charge < -0.3 is 0 Å². The lowest BCUT2D eigenvalue weighted by Gasteiger charge is -1.98. The minimum Gasteiger partial charge on any atom is -0.206 e. The van der Waals surface area contributed by atoms with Crippen molar-refractivity contribution < 1.29 is 16.7 Å². The van der Waals surface area contributed by atoms with Crippen LogP contribution in [0.2, 0.25) is 0 Å². The first-order valence-corrected chi connectivity index (χ1v) is 4.99. The van der Waals surface area contributed by atoms with Crippen LogP contribution in [-0.2, 0) is 10.2 Å². The summed E-state index contributed by atoms with van der Waals surface area (Å²) >= 11 is 2.62. The van der Waals surface area contributed by atoms with Gasteiger partial charge in [-0.15, -0.1) is 3.89 Å². The van der Waals surface area contributed by atoms with Crippen molar-refractivity contribution in [1.29, 1.82) is 0 Å². The highest BCUT2D eigenvalue weighted by atomic mass is 79.9. The summed E-state index contributed by atoms with van der Waals surface area (Å²) in [5.41, 5.74) is 0. The van der Waals surface area contributed by atoms with Crippen molar-refractivity contribution in [3.63, 3.8) is 0 Å². The molecule has 6 heteroatoms. The van der Waals surface area contributed by atoms with Gasteiger partial charge in [0.05, 0.1) is 4.47 Å². The van der Waals surface area contributed by atoms with Gasteiger partial charge in [0.15, 0.2) is 0 Å². The Bertz CT molecular complexity index is 402. The molecule has 0 aliphatic carbocycles. The predicted octanol–water partition coefficient (Wildman–Crippen LogP) is 2.25. The Morgan fingerprint density at radius 1 is 1.33 bits per heavy atom. The van der Waals surface area contributed by atoms with E-state index in [2.05, 4.69) is 15.9 Å². The van der Waals surface area contributed by atoms with Gasteiger partial charge in [-0.05, 0) is 28.1 Å². The SMILES string of the molecule is O=S(=O)(F)c1cccc(F)c1Br. The van der Waals surface area contributed by atoms with Crippen molar-refractivity contribution in [3.05, 3.63) is 28.5 Å². The second-order valence-corrected chi connectivity index (χ2v) is 4.10. The Balaban J connectivity index is 3.47. The summed E-state index contributed by atoms with van der Waals surface area (Å²) in [6, 6.07) is 3.12. The molecule has 12 heavy (non-hydrogen) atoms. The molecule has 0 saturated heterocycles. The summed E-state index contributed by atoms with van der Waals surface area (Å²) < 4.78 is 45.3. The van der Waals surface area contributed by atoms with Crippen LogP contribution in [0.5, 0.6) is 0 Å². The molecule has 0 atom stereocenters. The van der Waals surface area contributed by atoms with Crippen LogP contribution in [0.4, 0.5) is 8.28 Å². The van der Waals surface area contributed by atoms with E-state index in [1.54, 1.807) is 0 Å². The van der Waals surface area contributed by atoms with Crippen molar-refractivity contribution in [2.45, 2.75) is 4.90 Å². The molecule has 0 N–H and O–H groups in total. The monoisotopic (exact) mass is 256 g/mol. The highest BCUT2D eigenvalue weighted by Gasteiger charge is 2.17. The molecule has 0 aliphatic rings. The zero-order valence-corrected chi connectivity index (χ0v) is 7.99. The maximum atomic E-state index is 12.6. The standard InChI is InChI=1S/C6H3BrF2O2S/c7-6-4(8)2-1-3-5(6)12(9,10)11/h1-3H. The average molecular weight is 257 g/mol. The second-order valence-electron chi connectivity index (χ2n) is 1.99. The van der Waals surface area contributed by atoms with Crippen molar-refractivity contribution in [2.75, 3.05) is 0 Å². The summed E-state index contributed by atoms with van der Waals surface area (Å²) in [5.74, 6) is -0.811. The first-order chi connectivity index (χ1) is 5.43. The molecule has 0 unspecified atom stereocenters. The van der Waals surface area contributed by atoms with Gasteiger partial charge >= 0.3 is 10.2 Å². The van der Waals surface area contributed by atoms with Gasteiger partial charge in [-0.2, -0.15) is 8.42 Å². The lowest BCUT2D eigenvalue weighted by atomic mass is 10.3. The number of rotatable bonds is 1. The van der Waals surface area contributed by atoms with Crippen LogP contribution in [0, 0.1) is 5.82 Å². The van der Waals surface area contributed by atoms with Crippen LogP contribution in [0.1, 0.15) is 0 Å². The van der Waals surface area contributed by atoms with E-state index in [-0.39, 0.29) is 4.47 Å². The first-order valence-electron chi connectivity index (χ1n) is 2.81. The second kappa shape index (κ2) is 3.10. The minimum absolute atomic E-state index is 0.382. The molecule has 66 valence electrons. The molecule has 0 spiro atoms. The van der Waals surface area contributed by atoms with Gasteiger partial charge in [0.25, 0.3) is 0 Å². The Hall–Kier alpha value is -0.490. The Kier molecular flexibility index (Phi) is 2.48. The number of hydrogen-bond donors (Lipinski definition) is 0. The van der Waals surface area contributed by atoms with Crippen molar-refractivity contribution in [3.8, 4) is 0 Å².